The molecule has 0 radical (unpaired) electrons. The summed E-state index contributed by atoms with van der Waals surface area (Å²) in [5, 5.41) is 16.8. The fourth-order valence-corrected chi connectivity index (χ4v) is 1.11. The third-order valence-corrected chi connectivity index (χ3v) is 2.03. The van der Waals surface area contributed by atoms with E-state index in [2.05, 4.69) is 6.07 Å². The molecule has 3 nitrogen and oxygen atoms in total. The molecule has 0 atom stereocenters. The SMILES string of the molecule is CC(=CCCCCCCC#N)C(=O)O. The lowest BCUT2D eigenvalue weighted by Gasteiger charge is -1.96. The van der Waals surface area contributed by atoms with Crippen LogP contribution in [-0.2, 0) is 4.79 Å². The highest BCUT2D eigenvalue weighted by Crippen LogP contribution is 2.06. The number of allylic oxidation sites excluding steroid dienone is 1. The van der Waals surface area contributed by atoms with Crippen molar-refractivity contribution in [1.29, 1.82) is 5.26 Å². The highest BCUT2D eigenvalue weighted by atomic mass is 16.4. The third kappa shape index (κ3) is 7.35. The van der Waals surface area contributed by atoms with Crippen molar-refractivity contribution < 1.29 is 9.90 Å². The Labute approximate surface area is 85.0 Å². The molecule has 0 amide bonds. The standard InChI is InChI=1S/C11H17NO2/c1-10(11(13)14)8-6-4-2-3-5-7-9-12/h8H,2-7H2,1H3,(H,13,14). The summed E-state index contributed by atoms with van der Waals surface area (Å²) in [4.78, 5) is 10.4. The molecule has 0 saturated heterocycles. The largest absolute Gasteiger partial charge is 0.478 e. The number of carboxylic acids is 1. The summed E-state index contributed by atoms with van der Waals surface area (Å²) in [6.45, 7) is 1.61. The maximum Gasteiger partial charge on any atom is 0.330 e. The van der Waals surface area contributed by atoms with Crippen LogP contribution in [0.2, 0.25) is 0 Å². The Morgan fingerprint density at radius 2 is 2.00 bits per heavy atom. The predicted molar refractivity (Wildman–Crippen MR) is 54.7 cm³/mol. The van der Waals surface area contributed by atoms with Gasteiger partial charge in [-0.15, -0.1) is 0 Å². The summed E-state index contributed by atoms with van der Waals surface area (Å²) < 4.78 is 0. The smallest absolute Gasteiger partial charge is 0.330 e. The number of hydrogen-bond donors (Lipinski definition) is 1. The zero-order valence-corrected chi connectivity index (χ0v) is 8.62. The monoisotopic (exact) mass is 195 g/mol. The van der Waals surface area contributed by atoms with Crippen LogP contribution < -0.4 is 0 Å². The van der Waals surface area contributed by atoms with E-state index in [1.165, 1.54) is 0 Å². The van der Waals surface area contributed by atoms with Gasteiger partial charge in [0, 0.05) is 12.0 Å². The zero-order chi connectivity index (χ0) is 10.8. The van der Waals surface area contributed by atoms with Crippen LogP contribution in [0.25, 0.3) is 0 Å². The van der Waals surface area contributed by atoms with Gasteiger partial charge in [-0.1, -0.05) is 18.9 Å². The molecule has 0 fully saturated rings. The number of hydrogen-bond acceptors (Lipinski definition) is 2. The van der Waals surface area contributed by atoms with Gasteiger partial charge in [0.15, 0.2) is 0 Å². The van der Waals surface area contributed by atoms with Gasteiger partial charge in [-0.2, -0.15) is 5.26 Å². The molecule has 0 aliphatic heterocycles. The Hall–Kier alpha value is -1.30. The molecule has 0 aromatic heterocycles. The minimum Gasteiger partial charge on any atom is -0.478 e. The van der Waals surface area contributed by atoms with Gasteiger partial charge >= 0.3 is 5.97 Å². The van der Waals surface area contributed by atoms with Crippen molar-refractivity contribution in [3.63, 3.8) is 0 Å². The normalized spacial score (nSPS) is 11.0. The van der Waals surface area contributed by atoms with E-state index in [0.717, 1.165) is 32.1 Å². The van der Waals surface area contributed by atoms with E-state index in [-0.39, 0.29) is 0 Å². The van der Waals surface area contributed by atoms with E-state index < -0.39 is 5.97 Å². The number of carbonyl (C=O) groups is 1. The van der Waals surface area contributed by atoms with E-state index in [1.807, 2.05) is 0 Å². The molecule has 0 bridgehead atoms. The number of rotatable bonds is 7. The van der Waals surface area contributed by atoms with Crippen LogP contribution in [-0.4, -0.2) is 11.1 Å². The average molecular weight is 195 g/mol. The second-order valence-electron chi connectivity index (χ2n) is 3.30. The third-order valence-electron chi connectivity index (χ3n) is 2.03. The van der Waals surface area contributed by atoms with Gasteiger partial charge in [-0.25, -0.2) is 4.79 Å². The average Bonchev–Trinajstić information content (AvgIpc) is 2.16. The number of aliphatic carboxylic acids is 1. The summed E-state index contributed by atoms with van der Waals surface area (Å²) in [6.07, 6.45) is 7.31. The van der Waals surface area contributed by atoms with Gasteiger partial charge in [0.1, 0.15) is 0 Å². The summed E-state index contributed by atoms with van der Waals surface area (Å²) >= 11 is 0. The molecule has 78 valence electrons. The minimum atomic E-state index is -0.838. The Morgan fingerprint density at radius 3 is 2.57 bits per heavy atom. The summed E-state index contributed by atoms with van der Waals surface area (Å²) in [6, 6.07) is 2.10. The van der Waals surface area contributed by atoms with Crippen molar-refractivity contribution >= 4 is 5.97 Å². The molecule has 0 unspecified atom stereocenters. The van der Waals surface area contributed by atoms with E-state index in [1.54, 1.807) is 13.0 Å². The first kappa shape index (κ1) is 12.7. The molecule has 14 heavy (non-hydrogen) atoms. The minimum absolute atomic E-state index is 0.419. The molecule has 0 aliphatic carbocycles. The first-order valence-corrected chi connectivity index (χ1v) is 4.95. The van der Waals surface area contributed by atoms with Crippen molar-refractivity contribution in [2.75, 3.05) is 0 Å². The summed E-state index contributed by atoms with van der Waals surface area (Å²) in [7, 11) is 0. The van der Waals surface area contributed by atoms with Crippen molar-refractivity contribution in [1.82, 2.24) is 0 Å². The number of unbranched alkanes of at least 4 members (excludes halogenated alkanes) is 5. The van der Waals surface area contributed by atoms with Crippen LogP contribution in [0.5, 0.6) is 0 Å². The quantitative estimate of drug-likeness (QED) is 0.502. The second-order valence-corrected chi connectivity index (χ2v) is 3.30. The first-order chi connectivity index (χ1) is 6.68. The van der Waals surface area contributed by atoms with Gasteiger partial charge in [0.25, 0.3) is 0 Å². The Kier molecular flexibility index (Phi) is 7.53. The Morgan fingerprint density at radius 1 is 1.36 bits per heavy atom. The van der Waals surface area contributed by atoms with Gasteiger partial charge in [-0.3, -0.25) is 0 Å². The van der Waals surface area contributed by atoms with Crippen LogP contribution in [0.4, 0.5) is 0 Å². The van der Waals surface area contributed by atoms with E-state index >= 15 is 0 Å². The fourth-order valence-electron chi connectivity index (χ4n) is 1.11. The van der Waals surface area contributed by atoms with E-state index in [9.17, 15) is 4.79 Å². The van der Waals surface area contributed by atoms with Crippen LogP contribution >= 0.6 is 0 Å². The molecule has 0 saturated carbocycles. The van der Waals surface area contributed by atoms with Crippen LogP contribution in [0, 0.1) is 11.3 Å². The number of nitriles is 1. The molecule has 0 rings (SSSR count). The maximum absolute atomic E-state index is 10.4. The molecule has 0 heterocycles. The Balaban J connectivity index is 3.34. The molecule has 1 N–H and O–H groups in total. The second kappa shape index (κ2) is 8.31. The van der Waals surface area contributed by atoms with E-state index in [4.69, 9.17) is 10.4 Å². The van der Waals surface area contributed by atoms with Gasteiger partial charge in [-0.05, 0) is 26.2 Å². The lowest BCUT2D eigenvalue weighted by atomic mass is 10.1. The molecule has 3 heteroatoms. The molecule has 0 spiro atoms. The lowest BCUT2D eigenvalue weighted by molar-refractivity contribution is -0.132. The van der Waals surface area contributed by atoms with Crippen LogP contribution in [0.1, 0.15) is 45.4 Å². The van der Waals surface area contributed by atoms with Gasteiger partial charge in [0.2, 0.25) is 0 Å². The lowest BCUT2D eigenvalue weighted by Crippen LogP contribution is -1.95. The van der Waals surface area contributed by atoms with Crippen LogP contribution in [0.3, 0.4) is 0 Å². The summed E-state index contributed by atoms with van der Waals surface area (Å²) in [5.41, 5.74) is 0.419. The fraction of sp³-hybridized carbons (Fsp3) is 0.636. The molecular weight excluding hydrogens is 178 g/mol. The molecule has 0 aliphatic rings. The van der Waals surface area contributed by atoms with Gasteiger partial charge < -0.3 is 5.11 Å². The summed E-state index contributed by atoms with van der Waals surface area (Å²) in [5.74, 6) is -0.838. The molecule has 0 aromatic carbocycles. The highest BCUT2D eigenvalue weighted by Gasteiger charge is 1.97. The van der Waals surface area contributed by atoms with Crippen molar-refractivity contribution in [2.24, 2.45) is 0 Å². The van der Waals surface area contributed by atoms with E-state index in [0.29, 0.717) is 12.0 Å². The highest BCUT2D eigenvalue weighted by molar-refractivity contribution is 5.85. The number of carboxylic acid groups (broad SMARTS) is 1. The molecule has 0 aromatic rings. The van der Waals surface area contributed by atoms with Crippen molar-refractivity contribution in [3.8, 4) is 6.07 Å². The van der Waals surface area contributed by atoms with Crippen molar-refractivity contribution in [3.05, 3.63) is 11.6 Å². The zero-order valence-electron chi connectivity index (χ0n) is 8.62. The first-order valence-electron chi connectivity index (χ1n) is 4.95. The maximum atomic E-state index is 10.4. The van der Waals surface area contributed by atoms with Gasteiger partial charge in [0.05, 0.1) is 6.07 Å². The topological polar surface area (TPSA) is 61.1 Å². The Bertz CT molecular complexity index is 238. The molecular formula is C11H17NO2. The van der Waals surface area contributed by atoms with Crippen molar-refractivity contribution in [2.45, 2.75) is 45.4 Å². The predicted octanol–water partition coefficient (Wildman–Crippen LogP) is 2.88. The van der Waals surface area contributed by atoms with Crippen LogP contribution in [0.15, 0.2) is 11.6 Å². The number of nitrogens with zero attached hydrogens (tertiary/aromatic N) is 1.